The summed E-state index contributed by atoms with van der Waals surface area (Å²) >= 11 is 1.68. The summed E-state index contributed by atoms with van der Waals surface area (Å²) in [6.07, 6.45) is 0.532. The number of hydrogen-bond acceptors (Lipinski definition) is 4. The third kappa shape index (κ3) is 3.05. The highest BCUT2D eigenvalue weighted by Gasteiger charge is 2.24. The number of likely N-dealkylation sites (N-methyl/N-ethyl adjacent to an activating group) is 1. The van der Waals surface area contributed by atoms with Gasteiger partial charge in [0.25, 0.3) is 0 Å². The van der Waals surface area contributed by atoms with Gasteiger partial charge < -0.3 is 5.73 Å². The number of nitrogens with zero attached hydrogens (tertiary/aromatic N) is 2. The molecule has 3 atom stereocenters. The lowest BCUT2D eigenvalue weighted by Gasteiger charge is -2.34. The van der Waals surface area contributed by atoms with E-state index in [0.29, 0.717) is 6.42 Å². The number of nitrogens with two attached hydrogens (primary N) is 1. The molecule has 3 nitrogen and oxygen atoms in total. The molecule has 0 amide bonds. The third-order valence-electron chi connectivity index (χ3n) is 2.90. The van der Waals surface area contributed by atoms with Gasteiger partial charge in [-0.05, 0) is 43.3 Å². The molecule has 1 heterocycles. The van der Waals surface area contributed by atoms with Gasteiger partial charge in [0, 0.05) is 12.1 Å². The van der Waals surface area contributed by atoms with Crippen LogP contribution in [0.2, 0.25) is 0 Å². The molecule has 0 saturated carbocycles. The van der Waals surface area contributed by atoms with Crippen molar-refractivity contribution >= 4 is 11.3 Å². The van der Waals surface area contributed by atoms with Gasteiger partial charge in [-0.25, -0.2) is 0 Å². The number of rotatable bonds is 5. The summed E-state index contributed by atoms with van der Waals surface area (Å²) in [6, 6.07) is 4.78. The lowest BCUT2D eigenvalue weighted by atomic mass is 10.0. The van der Waals surface area contributed by atoms with E-state index in [1.54, 1.807) is 11.3 Å². The van der Waals surface area contributed by atoms with Crippen LogP contribution in [0.15, 0.2) is 16.8 Å². The largest absolute Gasteiger partial charge is 0.326 e. The first kappa shape index (κ1) is 13.2. The van der Waals surface area contributed by atoms with Gasteiger partial charge in [-0.15, -0.1) is 0 Å². The Labute approximate surface area is 101 Å². The van der Waals surface area contributed by atoms with Crippen molar-refractivity contribution < 1.29 is 0 Å². The Morgan fingerprint density at radius 3 is 2.69 bits per heavy atom. The van der Waals surface area contributed by atoms with Crippen LogP contribution in [0.4, 0.5) is 0 Å². The molecule has 1 aromatic rings. The van der Waals surface area contributed by atoms with Gasteiger partial charge in [0.05, 0.1) is 18.5 Å². The normalized spacial score (nSPS) is 16.8. The van der Waals surface area contributed by atoms with Crippen LogP contribution in [-0.2, 0) is 0 Å². The molecular weight excluding hydrogens is 218 g/mol. The quantitative estimate of drug-likeness (QED) is 0.855. The molecule has 1 rings (SSSR count). The Morgan fingerprint density at radius 2 is 2.25 bits per heavy atom. The molecule has 0 spiro atoms. The smallest absolute Gasteiger partial charge is 0.0638 e. The summed E-state index contributed by atoms with van der Waals surface area (Å²) in [4.78, 5) is 2.19. The molecule has 0 saturated heterocycles. The van der Waals surface area contributed by atoms with Crippen LogP contribution in [0.1, 0.15) is 31.9 Å². The van der Waals surface area contributed by atoms with E-state index in [9.17, 15) is 0 Å². The van der Waals surface area contributed by atoms with Gasteiger partial charge in [0.15, 0.2) is 0 Å². The fourth-order valence-electron chi connectivity index (χ4n) is 1.90. The summed E-state index contributed by atoms with van der Waals surface area (Å²) in [7, 11) is 2.04. The molecule has 4 heteroatoms. The van der Waals surface area contributed by atoms with Gasteiger partial charge in [0.1, 0.15) is 0 Å². The minimum absolute atomic E-state index is 0.0562. The van der Waals surface area contributed by atoms with E-state index in [1.165, 1.54) is 5.56 Å². The minimum Gasteiger partial charge on any atom is -0.326 e. The zero-order valence-corrected chi connectivity index (χ0v) is 10.9. The van der Waals surface area contributed by atoms with Crippen molar-refractivity contribution in [1.82, 2.24) is 4.90 Å². The van der Waals surface area contributed by atoms with E-state index in [1.807, 2.05) is 14.0 Å². The second-order valence-electron chi connectivity index (χ2n) is 4.24. The first-order chi connectivity index (χ1) is 7.57. The molecule has 0 bridgehead atoms. The standard InChI is InChI=1S/C12H19N3S/c1-9(4-6-13)15(3)12(10(2)14)11-5-7-16-8-11/h5,7-10,12H,4,14H2,1-3H3. The Morgan fingerprint density at radius 1 is 1.56 bits per heavy atom. The van der Waals surface area contributed by atoms with Crippen molar-refractivity contribution in [2.75, 3.05) is 7.05 Å². The molecule has 3 unspecified atom stereocenters. The Hall–Kier alpha value is -0.890. The van der Waals surface area contributed by atoms with Crippen LogP contribution >= 0.6 is 11.3 Å². The van der Waals surface area contributed by atoms with E-state index in [0.717, 1.165) is 0 Å². The van der Waals surface area contributed by atoms with Crippen LogP contribution in [0.25, 0.3) is 0 Å². The van der Waals surface area contributed by atoms with Crippen molar-refractivity contribution in [3.63, 3.8) is 0 Å². The van der Waals surface area contributed by atoms with Gasteiger partial charge in [0.2, 0.25) is 0 Å². The second-order valence-corrected chi connectivity index (χ2v) is 5.02. The summed E-state index contributed by atoms with van der Waals surface area (Å²) < 4.78 is 0. The van der Waals surface area contributed by atoms with E-state index in [2.05, 4.69) is 34.7 Å². The summed E-state index contributed by atoms with van der Waals surface area (Å²) in [5.41, 5.74) is 7.29. The van der Waals surface area contributed by atoms with E-state index in [4.69, 9.17) is 11.0 Å². The predicted molar refractivity (Wildman–Crippen MR) is 68.2 cm³/mol. The molecule has 0 aliphatic carbocycles. The first-order valence-electron chi connectivity index (χ1n) is 5.44. The highest BCUT2D eigenvalue weighted by atomic mass is 32.1. The summed E-state index contributed by atoms with van der Waals surface area (Å²) in [5, 5.41) is 12.9. The van der Waals surface area contributed by atoms with Crippen LogP contribution in [0, 0.1) is 11.3 Å². The van der Waals surface area contributed by atoms with E-state index < -0.39 is 0 Å². The van der Waals surface area contributed by atoms with E-state index in [-0.39, 0.29) is 18.1 Å². The minimum atomic E-state index is 0.0562. The Kier molecular flexibility index (Phi) is 4.94. The van der Waals surface area contributed by atoms with Crippen LogP contribution in [-0.4, -0.2) is 24.0 Å². The van der Waals surface area contributed by atoms with Crippen LogP contribution in [0.3, 0.4) is 0 Å². The molecule has 16 heavy (non-hydrogen) atoms. The lowest BCUT2D eigenvalue weighted by Crippen LogP contribution is -2.41. The molecule has 1 aromatic heterocycles. The SMILES string of the molecule is CC(N)C(c1ccsc1)N(C)C(C)CC#N. The third-order valence-corrected chi connectivity index (χ3v) is 3.60. The topological polar surface area (TPSA) is 53.0 Å². The molecule has 0 aromatic carbocycles. The van der Waals surface area contributed by atoms with E-state index >= 15 is 0 Å². The average Bonchev–Trinajstić information content (AvgIpc) is 2.71. The first-order valence-corrected chi connectivity index (χ1v) is 6.38. The van der Waals surface area contributed by atoms with Crippen molar-refractivity contribution in [1.29, 1.82) is 5.26 Å². The molecule has 2 N–H and O–H groups in total. The monoisotopic (exact) mass is 237 g/mol. The lowest BCUT2D eigenvalue weighted by molar-refractivity contribution is 0.167. The maximum absolute atomic E-state index is 8.73. The summed E-state index contributed by atoms with van der Waals surface area (Å²) in [5.74, 6) is 0. The van der Waals surface area contributed by atoms with Crippen LogP contribution in [0.5, 0.6) is 0 Å². The number of hydrogen-bond donors (Lipinski definition) is 1. The zero-order valence-electron chi connectivity index (χ0n) is 10.1. The fourth-order valence-corrected chi connectivity index (χ4v) is 2.59. The number of thiophene rings is 1. The highest BCUT2D eigenvalue weighted by Crippen LogP contribution is 2.26. The molecule has 0 radical (unpaired) electrons. The fraction of sp³-hybridized carbons (Fsp3) is 0.583. The molecule has 0 fully saturated rings. The number of nitriles is 1. The predicted octanol–water partition coefficient (Wildman–Crippen LogP) is 2.37. The van der Waals surface area contributed by atoms with Gasteiger partial charge >= 0.3 is 0 Å². The van der Waals surface area contributed by atoms with Crippen molar-refractivity contribution in [3.8, 4) is 6.07 Å². The maximum Gasteiger partial charge on any atom is 0.0638 e. The van der Waals surface area contributed by atoms with Crippen LogP contribution < -0.4 is 5.73 Å². The van der Waals surface area contributed by atoms with Crippen molar-refractivity contribution in [2.24, 2.45) is 5.73 Å². The molecular formula is C12H19N3S. The summed E-state index contributed by atoms with van der Waals surface area (Å²) in [6.45, 7) is 4.07. The zero-order chi connectivity index (χ0) is 12.1. The van der Waals surface area contributed by atoms with Crippen molar-refractivity contribution in [2.45, 2.75) is 38.4 Å². The average molecular weight is 237 g/mol. The maximum atomic E-state index is 8.73. The van der Waals surface area contributed by atoms with Crippen molar-refractivity contribution in [3.05, 3.63) is 22.4 Å². The molecule has 0 aliphatic heterocycles. The van der Waals surface area contributed by atoms with Gasteiger partial charge in [-0.2, -0.15) is 16.6 Å². The van der Waals surface area contributed by atoms with Gasteiger partial charge in [-0.3, -0.25) is 4.90 Å². The molecule has 88 valence electrons. The Balaban J connectivity index is 2.83. The second kappa shape index (κ2) is 6.00. The van der Waals surface area contributed by atoms with Gasteiger partial charge in [-0.1, -0.05) is 0 Å². The molecule has 0 aliphatic rings. The Bertz CT molecular complexity index is 340. The highest BCUT2D eigenvalue weighted by molar-refractivity contribution is 7.07.